The maximum absolute atomic E-state index is 14.3. The third-order valence-electron chi connectivity index (χ3n) is 6.83. The number of rotatable bonds is 6. The number of nitrogens with one attached hydrogen (secondary N) is 1. The van der Waals surface area contributed by atoms with Crippen molar-refractivity contribution in [1.29, 1.82) is 0 Å². The summed E-state index contributed by atoms with van der Waals surface area (Å²) in [7, 11) is 1.50. The number of nitro groups is 1. The second-order valence-electron chi connectivity index (χ2n) is 8.89. The van der Waals surface area contributed by atoms with Gasteiger partial charge in [0.1, 0.15) is 11.6 Å². The Morgan fingerprint density at radius 3 is 2.86 bits per heavy atom. The number of aromatic nitrogens is 3. The Bertz CT molecular complexity index is 1450. The maximum atomic E-state index is 14.3. The van der Waals surface area contributed by atoms with Gasteiger partial charge < -0.3 is 14.6 Å². The summed E-state index contributed by atoms with van der Waals surface area (Å²) in [6.45, 7) is 4.74. The molecule has 1 unspecified atom stereocenters. The number of benzene rings is 2. The van der Waals surface area contributed by atoms with Crippen LogP contribution in [0.25, 0.3) is 22.2 Å². The molecule has 0 saturated carbocycles. The Labute approximate surface area is 201 Å². The normalized spacial score (nSPS) is 15.1. The van der Waals surface area contributed by atoms with Gasteiger partial charge >= 0.3 is 0 Å². The maximum Gasteiger partial charge on any atom is 0.274 e. The molecule has 0 radical (unpaired) electrons. The predicted molar refractivity (Wildman–Crippen MR) is 133 cm³/mol. The lowest BCUT2D eigenvalue weighted by molar-refractivity contribution is -0.385. The van der Waals surface area contributed by atoms with Crippen LogP contribution in [0.4, 0.5) is 21.7 Å². The fourth-order valence-electron chi connectivity index (χ4n) is 4.98. The number of fused-ring (bicyclic) bond motifs is 3. The van der Waals surface area contributed by atoms with Crippen LogP contribution in [0.5, 0.6) is 5.75 Å². The van der Waals surface area contributed by atoms with Crippen LogP contribution in [0.15, 0.2) is 42.6 Å². The highest BCUT2D eigenvalue weighted by Gasteiger charge is 2.26. The number of halogens is 1. The molecule has 0 spiro atoms. The van der Waals surface area contributed by atoms with Crippen LogP contribution >= 0.6 is 0 Å². The van der Waals surface area contributed by atoms with Gasteiger partial charge in [0.25, 0.3) is 5.69 Å². The molecule has 1 aliphatic heterocycles. The van der Waals surface area contributed by atoms with Gasteiger partial charge in [0.2, 0.25) is 5.95 Å². The minimum Gasteiger partial charge on any atom is -0.495 e. The molecule has 1 N–H and O–H groups in total. The summed E-state index contributed by atoms with van der Waals surface area (Å²) >= 11 is 0. The lowest BCUT2D eigenvalue weighted by Crippen LogP contribution is -2.18. The van der Waals surface area contributed by atoms with Crippen molar-refractivity contribution in [3.8, 4) is 17.0 Å². The van der Waals surface area contributed by atoms with E-state index in [0.29, 0.717) is 28.6 Å². The summed E-state index contributed by atoms with van der Waals surface area (Å²) < 4.78 is 22.0. The monoisotopic (exact) mass is 475 g/mol. The second kappa shape index (κ2) is 8.98. The summed E-state index contributed by atoms with van der Waals surface area (Å²) in [6, 6.07) is 9.74. The molecule has 3 heterocycles. The standard InChI is InChI=1S/C26H26FN5O3/c1-4-16-8-10-31-21-6-5-17(27)13-18(21)25(23(31)12-16)19-7-9-28-26(29-19)30-20-14-22(32(33)34)15(2)11-24(20)35-3/h5-7,9,11,13-14,16H,4,8,10,12H2,1-3H3,(H,28,29,30). The van der Waals surface area contributed by atoms with Crippen LogP contribution in [-0.4, -0.2) is 26.6 Å². The lowest BCUT2D eigenvalue weighted by Gasteiger charge is -2.24. The van der Waals surface area contributed by atoms with Gasteiger partial charge in [-0.3, -0.25) is 10.1 Å². The molecular formula is C26H26FN5O3. The van der Waals surface area contributed by atoms with Crippen molar-refractivity contribution in [1.82, 2.24) is 14.5 Å². The largest absolute Gasteiger partial charge is 0.495 e. The highest BCUT2D eigenvalue weighted by molar-refractivity contribution is 5.97. The first kappa shape index (κ1) is 22.8. The van der Waals surface area contributed by atoms with E-state index in [1.54, 1.807) is 25.3 Å². The molecular weight excluding hydrogens is 449 g/mol. The number of aryl methyl sites for hydroxylation is 2. The van der Waals surface area contributed by atoms with Crippen molar-refractivity contribution < 1.29 is 14.1 Å². The molecule has 0 aliphatic carbocycles. The highest BCUT2D eigenvalue weighted by atomic mass is 19.1. The Morgan fingerprint density at radius 2 is 2.11 bits per heavy atom. The molecule has 1 aliphatic rings. The third-order valence-corrected chi connectivity index (χ3v) is 6.83. The van der Waals surface area contributed by atoms with E-state index >= 15 is 0 Å². The summed E-state index contributed by atoms with van der Waals surface area (Å²) in [5.74, 6) is 0.984. The smallest absolute Gasteiger partial charge is 0.274 e. The first-order valence-corrected chi connectivity index (χ1v) is 11.6. The Morgan fingerprint density at radius 1 is 1.29 bits per heavy atom. The Hall–Kier alpha value is -4.01. The molecule has 4 aromatic rings. The van der Waals surface area contributed by atoms with E-state index < -0.39 is 4.92 Å². The van der Waals surface area contributed by atoms with Gasteiger partial charge in [-0.1, -0.05) is 13.3 Å². The highest BCUT2D eigenvalue weighted by Crippen LogP contribution is 2.40. The SMILES string of the molecule is CCC1CCn2c(c(-c3ccnc(Nc4cc([N+](=O)[O-])c(C)cc4OC)n3)c3cc(F)ccc32)C1. The summed E-state index contributed by atoms with van der Waals surface area (Å²) in [5, 5.41) is 15.3. The van der Waals surface area contributed by atoms with Crippen LogP contribution < -0.4 is 10.1 Å². The number of ether oxygens (including phenoxy) is 1. The zero-order chi connectivity index (χ0) is 24.7. The molecule has 1 atom stereocenters. The van der Waals surface area contributed by atoms with Crippen LogP contribution in [0, 0.1) is 28.8 Å². The summed E-state index contributed by atoms with van der Waals surface area (Å²) in [4.78, 5) is 20.1. The van der Waals surface area contributed by atoms with Crippen molar-refractivity contribution in [2.45, 2.75) is 39.7 Å². The van der Waals surface area contributed by atoms with Crippen molar-refractivity contribution in [2.24, 2.45) is 5.92 Å². The van der Waals surface area contributed by atoms with Gasteiger partial charge in [0, 0.05) is 46.5 Å². The number of nitrogens with zero attached hydrogens (tertiary/aromatic N) is 4. The van der Waals surface area contributed by atoms with Crippen molar-refractivity contribution in [3.05, 3.63) is 69.8 Å². The lowest BCUT2D eigenvalue weighted by atomic mass is 9.91. The zero-order valence-corrected chi connectivity index (χ0v) is 19.8. The molecule has 180 valence electrons. The molecule has 0 saturated heterocycles. The van der Waals surface area contributed by atoms with Crippen LogP contribution in [0.1, 0.15) is 31.0 Å². The molecule has 9 heteroatoms. The molecule has 0 fully saturated rings. The third kappa shape index (κ3) is 4.07. The van der Waals surface area contributed by atoms with E-state index in [2.05, 4.69) is 21.8 Å². The molecule has 0 bridgehead atoms. The minimum atomic E-state index is -0.435. The number of methoxy groups -OCH3 is 1. The Kier molecular flexibility index (Phi) is 5.84. The fourth-order valence-corrected chi connectivity index (χ4v) is 4.98. The predicted octanol–water partition coefficient (Wildman–Crippen LogP) is 6.18. The quantitative estimate of drug-likeness (QED) is 0.264. The first-order chi connectivity index (χ1) is 16.9. The summed E-state index contributed by atoms with van der Waals surface area (Å²) in [5.41, 5.74) is 4.58. The van der Waals surface area contributed by atoms with Gasteiger partial charge in [-0.15, -0.1) is 0 Å². The van der Waals surface area contributed by atoms with E-state index in [0.717, 1.165) is 48.0 Å². The van der Waals surface area contributed by atoms with E-state index in [1.807, 2.05) is 12.1 Å². The number of hydrogen-bond acceptors (Lipinski definition) is 6. The van der Waals surface area contributed by atoms with Gasteiger partial charge in [-0.25, -0.2) is 14.4 Å². The van der Waals surface area contributed by atoms with Crippen molar-refractivity contribution in [2.75, 3.05) is 12.4 Å². The van der Waals surface area contributed by atoms with Gasteiger partial charge in [-0.2, -0.15) is 0 Å². The van der Waals surface area contributed by atoms with Gasteiger partial charge in [0.15, 0.2) is 0 Å². The topological polar surface area (TPSA) is 95.1 Å². The van der Waals surface area contributed by atoms with Crippen molar-refractivity contribution >= 4 is 28.2 Å². The molecule has 2 aromatic heterocycles. The van der Waals surface area contributed by atoms with E-state index in [1.165, 1.54) is 19.2 Å². The number of nitro benzene ring substituents is 1. The molecule has 35 heavy (non-hydrogen) atoms. The van der Waals surface area contributed by atoms with E-state index in [-0.39, 0.29) is 17.5 Å². The van der Waals surface area contributed by atoms with Crippen LogP contribution in [-0.2, 0) is 13.0 Å². The van der Waals surface area contributed by atoms with Crippen LogP contribution in [0.3, 0.4) is 0 Å². The molecule has 0 amide bonds. The second-order valence-corrected chi connectivity index (χ2v) is 8.89. The van der Waals surface area contributed by atoms with E-state index in [4.69, 9.17) is 9.72 Å². The van der Waals surface area contributed by atoms with Crippen molar-refractivity contribution in [3.63, 3.8) is 0 Å². The number of hydrogen-bond donors (Lipinski definition) is 1. The average molecular weight is 476 g/mol. The molecule has 2 aromatic carbocycles. The molecule has 8 nitrogen and oxygen atoms in total. The first-order valence-electron chi connectivity index (χ1n) is 11.6. The minimum absolute atomic E-state index is 0.0296. The zero-order valence-electron chi connectivity index (χ0n) is 19.8. The van der Waals surface area contributed by atoms with Gasteiger partial charge in [0.05, 0.1) is 23.4 Å². The Balaban J connectivity index is 1.62. The fraction of sp³-hybridized carbons (Fsp3) is 0.308. The number of anilines is 2. The van der Waals surface area contributed by atoms with E-state index in [9.17, 15) is 14.5 Å². The summed E-state index contributed by atoms with van der Waals surface area (Å²) in [6.07, 6.45) is 4.70. The van der Waals surface area contributed by atoms with Gasteiger partial charge in [-0.05, 0) is 56.0 Å². The average Bonchev–Trinajstić information content (AvgIpc) is 3.17. The molecule has 5 rings (SSSR count). The van der Waals surface area contributed by atoms with Crippen LogP contribution in [0.2, 0.25) is 0 Å².